The lowest BCUT2D eigenvalue weighted by molar-refractivity contribution is 0.165. The summed E-state index contributed by atoms with van der Waals surface area (Å²) in [7, 11) is 3.22. The van der Waals surface area contributed by atoms with Gasteiger partial charge in [0.05, 0.1) is 20.3 Å². The second kappa shape index (κ2) is 7.24. The lowest BCUT2D eigenvalue weighted by Crippen LogP contribution is -2.28. The van der Waals surface area contributed by atoms with E-state index in [0.29, 0.717) is 24.0 Å². The fraction of sp³-hybridized carbons (Fsp3) is 0.400. The minimum Gasteiger partial charge on any atom is -0.497 e. The predicted molar refractivity (Wildman–Crippen MR) is 94.6 cm³/mol. The molecule has 3 rings (SSSR count). The first-order valence-corrected chi connectivity index (χ1v) is 8.34. The first-order chi connectivity index (χ1) is 11.6. The van der Waals surface area contributed by atoms with Crippen LogP contribution in [0.4, 0.5) is 0 Å². The fourth-order valence-corrected chi connectivity index (χ4v) is 3.48. The number of aliphatic hydroxyl groups excluding tert-OH is 1. The Balaban J connectivity index is 1.71. The van der Waals surface area contributed by atoms with Crippen molar-refractivity contribution < 1.29 is 14.6 Å². The van der Waals surface area contributed by atoms with E-state index in [4.69, 9.17) is 9.47 Å². The van der Waals surface area contributed by atoms with Gasteiger partial charge in [0, 0.05) is 18.7 Å². The van der Waals surface area contributed by atoms with Gasteiger partial charge in [-0.05, 0) is 41.2 Å². The molecule has 4 nitrogen and oxygen atoms in total. The van der Waals surface area contributed by atoms with Crippen molar-refractivity contribution in [1.82, 2.24) is 5.32 Å². The molecule has 3 unspecified atom stereocenters. The zero-order valence-corrected chi connectivity index (χ0v) is 14.5. The zero-order valence-electron chi connectivity index (χ0n) is 14.5. The van der Waals surface area contributed by atoms with Gasteiger partial charge >= 0.3 is 0 Å². The highest BCUT2D eigenvalue weighted by atomic mass is 16.5. The van der Waals surface area contributed by atoms with Crippen molar-refractivity contribution in [3.63, 3.8) is 0 Å². The molecule has 0 aliphatic heterocycles. The van der Waals surface area contributed by atoms with Crippen LogP contribution in [0.5, 0.6) is 11.5 Å². The number of rotatable bonds is 6. The molecule has 0 spiro atoms. The predicted octanol–water partition coefficient (Wildman–Crippen LogP) is 3.26. The van der Waals surface area contributed by atoms with Crippen LogP contribution in [0.1, 0.15) is 35.8 Å². The second-order valence-corrected chi connectivity index (χ2v) is 6.43. The number of ether oxygens (including phenoxy) is 2. The number of hydrogen-bond donors (Lipinski definition) is 2. The van der Waals surface area contributed by atoms with E-state index >= 15 is 0 Å². The third-order valence-corrected chi connectivity index (χ3v) is 4.79. The maximum Gasteiger partial charge on any atom is 0.122 e. The zero-order chi connectivity index (χ0) is 17.1. The average Bonchev–Trinajstić information content (AvgIpc) is 2.94. The highest BCUT2D eigenvalue weighted by Gasteiger charge is 2.29. The van der Waals surface area contributed by atoms with Crippen LogP contribution in [0.2, 0.25) is 0 Å². The molecule has 0 aromatic heterocycles. The SMILES string of the molecule is COc1cc(OC)cc(C(O)CNC2c3ccccc3CC2C)c1. The smallest absolute Gasteiger partial charge is 0.122 e. The van der Waals surface area contributed by atoms with Gasteiger partial charge in [-0.1, -0.05) is 31.2 Å². The molecule has 2 N–H and O–H groups in total. The molecule has 0 radical (unpaired) electrons. The normalized spacial score (nSPS) is 20.5. The van der Waals surface area contributed by atoms with Crippen molar-refractivity contribution in [2.75, 3.05) is 20.8 Å². The molecule has 0 fully saturated rings. The maximum atomic E-state index is 10.6. The number of hydrogen-bond acceptors (Lipinski definition) is 4. The van der Waals surface area contributed by atoms with Gasteiger partial charge < -0.3 is 19.9 Å². The molecule has 2 aromatic rings. The third-order valence-electron chi connectivity index (χ3n) is 4.79. The van der Waals surface area contributed by atoms with Crippen LogP contribution in [0.25, 0.3) is 0 Å². The molecule has 0 heterocycles. The lowest BCUT2D eigenvalue weighted by atomic mass is 10.0. The summed E-state index contributed by atoms with van der Waals surface area (Å²) in [5.41, 5.74) is 3.54. The summed E-state index contributed by atoms with van der Waals surface area (Å²) in [5, 5.41) is 14.1. The summed E-state index contributed by atoms with van der Waals surface area (Å²) in [6.07, 6.45) is 0.464. The highest BCUT2D eigenvalue weighted by Crippen LogP contribution is 2.36. The summed E-state index contributed by atoms with van der Waals surface area (Å²) in [6, 6.07) is 14.3. The Kier molecular flexibility index (Phi) is 5.07. The molecule has 1 aliphatic rings. The summed E-state index contributed by atoms with van der Waals surface area (Å²) < 4.78 is 10.6. The lowest BCUT2D eigenvalue weighted by Gasteiger charge is -2.22. The Morgan fingerprint density at radius 3 is 2.46 bits per heavy atom. The van der Waals surface area contributed by atoms with Crippen molar-refractivity contribution >= 4 is 0 Å². The number of aliphatic hydroxyl groups is 1. The first kappa shape index (κ1) is 16.8. The minimum atomic E-state index is -0.617. The molecule has 0 saturated heterocycles. The number of nitrogens with one attached hydrogen (secondary N) is 1. The molecule has 1 aliphatic carbocycles. The molecule has 0 bridgehead atoms. The van der Waals surface area contributed by atoms with Gasteiger partial charge in [0.25, 0.3) is 0 Å². The molecular weight excluding hydrogens is 302 g/mol. The van der Waals surface area contributed by atoms with Crippen molar-refractivity contribution in [3.05, 3.63) is 59.2 Å². The van der Waals surface area contributed by atoms with Crippen molar-refractivity contribution in [2.24, 2.45) is 5.92 Å². The van der Waals surface area contributed by atoms with Gasteiger partial charge in [-0.2, -0.15) is 0 Å². The van der Waals surface area contributed by atoms with Gasteiger partial charge in [-0.15, -0.1) is 0 Å². The standard InChI is InChI=1S/C20H25NO3/c1-13-8-14-6-4-5-7-18(14)20(13)21-12-19(22)15-9-16(23-2)11-17(10-15)24-3/h4-7,9-11,13,19-22H,8,12H2,1-3H3. The van der Waals surface area contributed by atoms with Crippen LogP contribution < -0.4 is 14.8 Å². The maximum absolute atomic E-state index is 10.6. The summed E-state index contributed by atoms with van der Waals surface area (Å²) in [4.78, 5) is 0. The van der Waals surface area contributed by atoms with Crippen LogP contribution in [-0.2, 0) is 6.42 Å². The van der Waals surface area contributed by atoms with Crippen LogP contribution in [0, 0.1) is 5.92 Å². The number of benzene rings is 2. The van der Waals surface area contributed by atoms with E-state index in [-0.39, 0.29) is 6.04 Å². The number of fused-ring (bicyclic) bond motifs is 1. The van der Waals surface area contributed by atoms with E-state index in [1.807, 2.05) is 12.1 Å². The largest absolute Gasteiger partial charge is 0.497 e. The molecule has 128 valence electrons. The van der Waals surface area contributed by atoms with Crippen molar-refractivity contribution in [3.8, 4) is 11.5 Å². The van der Waals surface area contributed by atoms with Crippen LogP contribution >= 0.6 is 0 Å². The van der Waals surface area contributed by atoms with E-state index in [9.17, 15) is 5.11 Å². The Bertz CT molecular complexity index is 679. The quantitative estimate of drug-likeness (QED) is 0.855. The Morgan fingerprint density at radius 1 is 1.12 bits per heavy atom. The summed E-state index contributed by atoms with van der Waals surface area (Å²) >= 11 is 0. The monoisotopic (exact) mass is 327 g/mol. The summed E-state index contributed by atoms with van der Waals surface area (Å²) in [5.74, 6) is 1.89. The average molecular weight is 327 g/mol. The van der Waals surface area contributed by atoms with Crippen LogP contribution in [0.15, 0.2) is 42.5 Å². The van der Waals surface area contributed by atoms with E-state index in [1.54, 1.807) is 20.3 Å². The Morgan fingerprint density at radius 2 is 1.79 bits per heavy atom. The molecule has 0 saturated carbocycles. The van der Waals surface area contributed by atoms with Gasteiger partial charge in [0.15, 0.2) is 0 Å². The van der Waals surface area contributed by atoms with E-state index in [1.165, 1.54) is 11.1 Å². The van der Waals surface area contributed by atoms with Crippen LogP contribution in [-0.4, -0.2) is 25.9 Å². The highest BCUT2D eigenvalue weighted by molar-refractivity contribution is 5.40. The van der Waals surface area contributed by atoms with Gasteiger partial charge in [-0.25, -0.2) is 0 Å². The summed E-state index contributed by atoms with van der Waals surface area (Å²) in [6.45, 7) is 2.73. The Hall–Kier alpha value is -2.04. The number of methoxy groups -OCH3 is 2. The second-order valence-electron chi connectivity index (χ2n) is 6.43. The molecule has 0 amide bonds. The molecule has 2 aromatic carbocycles. The first-order valence-electron chi connectivity index (χ1n) is 8.34. The van der Waals surface area contributed by atoms with Gasteiger partial charge in [0.1, 0.15) is 11.5 Å². The van der Waals surface area contributed by atoms with Gasteiger partial charge in [0.2, 0.25) is 0 Å². The van der Waals surface area contributed by atoms with Crippen molar-refractivity contribution in [1.29, 1.82) is 0 Å². The molecular formula is C20H25NO3. The van der Waals surface area contributed by atoms with E-state index in [2.05, 4.69) is 36.5 Å². The topological polar surface area (TPSA) is 50.7 Å². The van der Waals surface area contributed by atoms with Gasteiger partial charge in [-0.3, -0.25) is 0 Å². The van der Waals surface area contributed by atoms with Crippen molar-refractivity contribution in [2.45, 2.75) is 25.5 Å². The van der Waals surface area contributed by atoms with E-state index < -0.39 is 6.10 Å². The van der Waals surface area contributed by atoms with Crippen LogP contribution in [0.3, 0.4) is 0 Å². The third kappa shape index (κ3) is 3.40. The molecule has 4 heteroatoms. The molecule has 24 heavy (non-hydrogen) atoms. The minimum absolute atomic E-state index is 0.281. The molecule has 3 atom stereocenters. The fourth-order valence-electron chi connectivity index (χ4n) is 3.48. The van der Waals surface area contributed by atoms with E-state index in [0.717, 1.165) is 12.0 Å². The Labute approximate surface area is 143 Å².